The monoisotopic (exact) mass is 522 g/mol. The molecule has 2 aliphatic rings. The van der Waals surface area contributed by atoms with Crippen LogP contribution < -0.4 is 10.1 Å². The van der Waals surface area contributed by atoms with Gasteiger partial charge in [-0.1, -0.05) is 64.5 Å². The zero-order valence-corrected chi connectivity index (χ0v) is 19.8. The van der Waals surface area contributed by atoms with Crippen LogP contribution in [-0.4, -0.2) is 22.9 Å². The van der Waals surface area contributed by atoms with E-state index in [-0.39, 0.29) is 30.3 Å². The molecule has 2 aromatic rings. The van der Waals surface area contributed by atoms with Crippen LogP contribution in [0.4, 0.5) is 4.79 Å². The Bertz CT molecular complexity index is 1050. The molecule has 1 aliphatic carbocycles. The largest absolute Gasteiger partial charge is 0.488 e. The fraction of sp³-hybridized carbons (Fsp3) is 0.304. The van der Waals surface area contributed by atoms with Gasteiger partial charge in [0.2, 0.25) is 0 Å². The van der Waals surface area contributed by atoms with Gasteiger partial charge < -0.3 is 10.1 Å². The molecule has 3 amide bonds. The molecular weight excluding hydrogens is 503 g/mol. The fourth-order valence-electron chi connectivity index (χ4n) is 3.93. The Kier molecular flexibility index (Phi) is 6.89. The molecule has 1 heterocycles. The molecule has 0 bridgehead atoms. The lowest BCUT2D eigenvalue weighted by molar-refractivity contribution is -0.124. The van der Waals surface area contributed by atoms with Crippen LogP contribution in [0.3, 0.4) is 0 Å². The second-order valence-corrected chi connectivity index (χ2v) is 9.42. The van der Waals surface area contributed by atoms with Crippen molar-refractivity contribution in [3.63, 3.8) is 0 Å². The summed E-state index contributed by atoms with van der Waals surface area (Å²) in [5.74, 6) is 0.281. The van der Waals surface area contributed by atoms with Gasteiger partial charge in [-0.2, -0.15) is 0 Å². The van der Waals surface area contributed by atoms with E-state index < -0.39 is 0 Å². The molecule has 1 aliphatic heterocycles. The Morgan fingerprint density at radius 1 is 1.10 bits per heavy atom. The molecule has 2 aromatic carbocycles. The fourth-order valence-corrected chi connectivity index (χ4v) is 4.77. The van der Waals surface area contributed by atoms with Gasteiger partial charge in [-0.25, -0.2) is 4.79 Å². The summed E-state index contributed by atoms with van der Waals surface area (Å²) < 4.78 is 6.81. The Morgan fingerprint density at radius 2 is 1.87 bits per heavy atom. The summed E-state index contributed by atoms with van der Waals surface area (Å²) in [5.41, 5.74) is 1.72. The molecule has 1 N–H and O–H groups in total. The second-order valence-electron chi connectivity index (χ2n) is 7.66. The topological polar surface area (TPSA) is 58.6 Å². The van der Waals surface area contributed by atoms with Crippen LogP contribution >= 0.6 is 39.1 Å². The van der Waals surface area contributed by atoms with Crippen molar-refractivity contribution in [1.29, 1.82) is 0 Å². The lowest BCUT2D eigenvalue weighted by Gasteiger charge is -2.28. The lowest BCUT2D eigenvalue weighted by Crippen LogP contribution is -2.41. The molecule has 31 heavy (non-hydrogen) atoms. The highest BCUT2D eigenvalue weighted by molar-refractivity contribution is 9.10. The molecule has 0 unspecified atom stereocenters. The van der Waals surface area contributed by atoms with Crippen molar-refractivity contribution < 1.29 is 14.3 Å². The third-order valence-electron chi connectivity index (χ3n) is 5.52. The average Bonchev–Trinajstić information content (AvgIpc) is 3.02. The predicted molar refractivity (Wildman–Crippen MR) is 125 cm³/mol. The summed E-state index contributed by atoms with van der Waals surface area (Å²) in [5, 5.41) is 3.80. The molecule has 0 atom stereocenters. The van der Waals surface area contributed by atoms with Crippen LogP contribution in [0.25, 0.3) is 6.08 Å². The third kappa shape index (κ3) is 5.08. The number of ether oxygens (including phenoxy) is 1. The quantitative estimate of drug-likeness (QED) is 0.356. The van der Waals surface area contributed by atoms with E-state index in [0.717, 1.165) is 42.1 Å². The van der Waals surface area contributed by atoms with Gasteiger partial charge in [-0.3, -0.25) is 9.69 Å². The summed E-state index contributed by atoms with van der Waals surface area (Å²) >= 11 is 15.7. The normalized spacial score (nSPS) is 18.5. The van der Waals surface area contributed by atoms with Gasteiger partial charge in [0.25, 0.3) is 5.91 Å². The van der Waals surface area contributed by atoms with E-state index in [1.807, 2.05) is 18.2 Å². The maximum Gasteiger partial charge on any atom is 0.329 e. The highest BCUT2D eigenvalue weighted by atomic mass is 79.9. The average molecular weight is 524 g/mol. The van der Waals surface area contributed by atoms with Crippen LogP contribution in [0, 0.1) is 0 Å². The predicted octanol–water partition coefficient (Wildman–Crippen LogP) is 6.56. The van der Waals surface area contributed by atoms with E-state index in [0.29, 0.717) is 21.4 Å². The van der Waals surface area contributed by atoms with Crippen molar-refractivity contribution in [2.45, 2.75) is 44.8 Å². The minimum Gasteiger partial charge on any atom is -0.488 e. The Morgan fingerprint density at radius 3 is 2.61 bits per heavy atom. The Labute approximate surface area is 199 Å². The number of carbonyl (C=O) groups is 2. The molecule has 5 nitrogen and oxygen atoms in total. The smallest absolute Gasteiger partial charge is 0.329 e. The van der Waals surface area contributed by atoms with Crippen LogP contribution in [0.1, 0.15) is 43.2 Å². The SMILES string of the molecule is O=C1N/C(=C\c2cc(Br)ccc2OCc2ccc(Cl)cc2Cl)C(=O)N1C1CCCCC1. The van der Waals surface area contributed by atoms with Gasteiger partial charge in [-0.15, -0.1) is 0 Å². The first kappa shape index (κ1) is 22.2. The van der Waals surface area contributed by atoms with Gasteiger partial charge in [0.1, 0.15) is 18.1 Å². The first-order chi connectivity index (χ1) is 14.9. The first-order valence-corrected chi connectivity index (χ1v) is 11.7. The number of halogens is 3. The van der Waals surface area contributed by atoms with E-state index in [9.17, 15) is 9.59 Å². The van der Waals surface area contributed by atoms with Crippen LogP contribution in [0.5, 0.6) is 5.75 Å². The third-order valence-corrected chi connectivity index (χ3v) is 6.60. The summed E-state index contributed by atoms with van der Waals surface area (Å²) in [7, 11) is 0. The second kappa shape index (κ2) is 9.63. The number of hydrogen-bond donors (Lipinski definition) is 1. The molecule has 162 valence electrons. The number of carbonyl (C=O) groups excluding carboxylic acids is 2. The van der Waals surface area contributed by atoms with Crippen molar-refractivity contribution in [1.82, 2.24) is 10.2 Å². The van der Waals surface area contributed by atoms with E-state index in [1.165, 1.54) is 4.90 Å². The molecule has 4 rings (SSSR count). The number of imide groups is 1. The van der Waals surface area contributed by atoms with Gasteiger partial charge in [-0.05, 0) is 49.2 Å². The minimum atomic E-state index is -0.353. The van der Waals surface area contributed by atoms with Crippen LogP contribution in [0.15, 0.2) is 46.6 Å². The molecule has 1 saturated carbocycles. The highest BCUT2D eigenvalue weighted by Gasteiger charge is 2.39. The lowest BCUT2D eigenvalue weighted by atomic mass is 9.94. The summed E-state index contributed by atoms with van der Waals surface area (Å²) in [4.78, 5) is 26.8. The van der Waals surface area contributed by atoms with E-state index >= 15 is 0 Å². The summed E-state index contributed by atoms with van der Waals surface area (Å²) in [6, 6.07) is 10.3. The van der Waals surface area contributed by atoms with Crippen molar-refractivity contribution in [3.8, 4) is 5.75 Å². The number of nitrogens with zero attached hydrogens (tertiary/aromatic N) is 1. The van der Waals surface area contributed by atoms with Crippen molar-refractivity contribution in [2.75, 3.05) is 0 Å². The molecule has 8 heteroatoms. The van der Waals surface area contributed by atoms with Crippen molar-refractivity contribution in [2.24, 2.45) is 0 Å². The summed E-state index contributed by atoms with van der Waals surface area (Å²) in [6.07, 6.45) is 6.61. The van der Waals surface area contributed by atoms with Gasteiger partial charge >= 0.3 is 6.03 Å². The van der Waals surface area contributed by atoms with Crippen molar-refractivity contribution in [3.05, 3.63) is 67.7 Å². The molecule has 0 aromatic heterocycles. The Hall–Kier alpha value is -2.02. The van der Waals surface area contributed by atoms with E-state index in [4.69, 9.17) is 27.9 Å². The van der Waals surface area contributed by atoms with Gasteiger partial charge in [0.05, 0.1) is 0 Å². The molecule has 0 spiro atoms. The first-order valence-electron chi connectivity index (χ1n) is 10.1. The highest BCUT2D eigenvalue weighted by Crippen LogP contribution is 2.30. The van der Waals surface area contributed by atoms with Gasteiger partial charge in [0, 0.05) is 31.7 Å². The number of benzene rings is 2. The van der Waals surface area contributed by atoms with Crippen LogP contribution in [-0.2, 0) is 11.4 Å². The number of rotatable bonds is 5. The molecular formula is C23H21BrCl2N2O3. The minimum absolute atomic E-state index is 0.0302. The molecule has 1 saturated heterocycles. The number of hydrogen-bond acceptors (Lipinski definition) is 3. The van der Waals surface area contributed by atoms with E-state index in [2.05, 4.69) is 21.2 Å². The van der Waals surface area contributed by atoms with Crippen molar-refractivity contribution >= 4 is 57.1 Å². The van der Waals surface area contributed by atoms with E-state index in [1.54, 1.807) is 24.3 Å². The zero-order chi connectivity index (χ0) is 22.0. The number of amides is 3. The Balaban J connectivity index is 1.56. The number of nitrogens with one attached hydrogen (secondary N) is 1. The van der Waals surface area contributed by atoms with Gasteiger partial charge in [0.15, 0.2) is 0 Å². The van der Waals surface area contributed by atoms with Crippen LogP contribution in [0.2, 0.25) is 10.0 Å². The molecule has 2 fully saturated rings. The maximum atomic E-state index is 13.0. The molecule has 0 radical (unpaired) electrons. The zero-order valence-electron chi connectivity index (χ0n) is 16.7. The summed E-state index contributed by atoms with van der Waals surface area (Å²) in [6.45, 7) is 0.238. The maximum absolute atomic E-state index is 13.0. The number of urea groups is 1. The standard InChI is InChI=1S/C23H21BrCl2N2O3/c24-16-7-9-21(31-13-14-6-8-17(25)12-19(14)26)15(10-16)11-20-22(29)28(23(30)27-20)18-4-2-1-3-5-18/h6-12,18H,1-5,13H2,(H,27,30)/b20-11-.